The lowest BCUT2D eigenvalue weighted by molar-refractivity contribution is 0.487. The number of hydrogen-bond acceptors (Lipinski definition) is 3. The van der Waals surface area contributed by atoms with Gasteiger partial charge in [-0.05, 0) is 101 Å². The Kier molecular flexibility index (Phi) is 6.18. The van der Waals surface area contributed by atoms with Gasteiger partial charge in [-0.15, -0.1) is 0 Å². The maximum Gasteiger partial charge on any atom is 0.136 e. The Balaban J connectivity index is 1.05. The molecule has 0 bridgehead atoms. The van der Waals surface area contributed by atoms with E-state index in [1.807, 2.05) is 6.07 Å². The minimum Gasteiger partial charge on any atom is -0.456 e. The van der Waals surface area contributed by atoms with Crippen molar-refractivity contribution in [2.45, 2.75) is 0 Å². The van der Waals surface area contributed by atoms with E-state index >= 15 is 0 Å². The summed E-state index contributed by atoms with van der Waals surface area (Å²) in [5.41, 5.74) is 11.9. The molecule has 3 nitrogen and oxygen atoms in total. The van der Waals surface area contributed by atoms with E-state index < -0.39 is 0 Å². The Morgan fingerprint density at radius 1 is 0.367 bits per heavy atom. The average Bonchev–Trinajstić information content (AvgIpc) is 3.54. The van der Waals surface area contributed by atoms with E-state index in [9.17, 15) is 0 Å². The molecule has 49 heavy (non-hydrogen) atoms. The predicted octanol–water partition coefficient (Wildman–Crippen LogP) is 13.3. The molecule has 0 N–H and O–H groups in total. The van der Waals surface area contributed by atoms with Crippen molar-refractivity contribution in [1.82, 2.24) is 0 Å². The third-order valence-electron chi connectivity index (χ3n) is 9.65. The van der Waals surface area contributed by atoms with Gasteiger partial charge in [-0.2, -0.15) is 0 Å². The summed E-state index contributed by atoms with van der Waals surface area (Å²) in [6.45, 7) is 0. The van der Waals surface area contributed by atoms with Crippen LogP contribution in [0.1, 0.15) is 0 Å². The lowest BCUT2D eigenvalue weighted by atomic mass is 9.91. The van der Waals surface area contributed by atoms with Crippen molar-refractivity contribution in [2.75, 3.05) is 4.90 Å². The standard InChI is InChI=1S/C46H29NO2/c1-4-11-30(12-5-1)31-21-26-42-40(27-31)37-23-20-33(29-45(37)48-42)32-19-22-36-38-24-25-41(39-17-10-18-43(46(38)39)49-44(36)28-32)47(34-13-6-2-7-14-34)35-15-8-3-9-16-35/h1-29H. The summed E-state index contributed by atoms with van der Waals surface area (Å²) in [5, 5.41) is 4.50. The molecule has 0 saturated heterocycles. The molecule has 0 aliphatic carbocycles. The van der Waals surface area contributed by atoms with E-state index in [0.29, 0.717) is 0 Å². The Labute approximate surface area is 283 Å². The smallest absolute Gasteiger partial charge is 0.136 e. The molecule has 0 amide bonds. The highest BCUT2D eigenvalue weighted by Crippen LogP contribution is 2.51. The molecular formula is C46H29NO2. The average molecular weight is 628 g/mol. The van der Waals surface area contributed by atoms with Crippen molar-refractivity contribution in [3.05, 3.63) is 176 Å². The molecule has 0 saturated carbocycles. The van der Waals surface area contributed by atoms with E-state index in [1.165, 1.54) is 16.7 Å². The number of para-hydroxylation sites is 2. The highest BCUT2D eigenvalue weighted by molar-refractivity contribution is 6.11. The topological polar surface area (TPSA) is 25.6 Å². The summed E-state index contributed by atoms with van der Waals surface area (Å²) < 4.78 is 13.1. The largest absolute Gasteiger partial charge is 0.456 e. The number of ether oxygens (including phenoxy) is 1. The van der Waals surface area contributed by atoms with Crippen LogP contribution in [0.15, 0.2) is 180 Å². The summed E-state index contributed by atoms with van der Waals surface area (Å²) in [6.07, 6.45) is 0. The van der Waals surface area contributed by atoms with E-state index in [2.05, 4.69) is 175 Å². The molecular weight excluding hydrogens is 599 g/mol. The van der Waals surface area contributed by atoms with Gasteiger partial charge in [0.2, 0.25) is 0 Å². The number of hydrogen-bond donors (Lipinski definition) is 0. The van der Waals surface area contributed by atoms with Crippen molar-refractivity contribution in [3.63, 3.8) is 0 Å². The van der Waals surface area contributed by atoms with Gasteiger partial charge >= 0.3 is 0 Å². The van der Waals surface area contributed by atoms with Crippen LogP contribution in [-0.2, 0) is 0 Å². The van der Waals surface area contributed by atoms with Crippen molar-refractivity contribution >= 4 is 49.8 Å². The molecule has 0 unspecified atom stereocenters. The quantitative estimate of drug-likeness (QED) is 0.190. The van der Waals surface area contributed by atoms with E-state index in [1.54, 1.807) is 0 Å². The lowest BCUT2D eigenvalue weighted by Gasteiger charge is -2.29. The van der Waals surface area contributed by atoms with Gasteiger partial charge in [0.05, 0.1) is 5.69 Å². The maximum atomic E-state index is 6.71. The van der Waals surface area contributed by atoms with Crippen LogP contribution in [0.25, 0.3) is 66.1 Å². The van der Waals surface area contributed by atoms with Crippen molar-refractivity contribution in [3.8, 4) is 44.9 Å². The Morgan fingerprint density at radius 3 is 1.80 bits per heavy atom. The van der Waals surface area contributed by atoms with Gasteiger partial charge in [0.15, 0.2) is 0 Å². The number of anilines is 3. The zero-order chi connectivity index (χ0) is 32.3. The van der Waals surface area contributed by atoms with Gasteiger partial charge in [0.1, 0.15) is 22.7 Å². The summed E-state index contributed by atoms with van der Waals surface area (Å²) in [6, 6.07) is 61.8. The molecule has 2 heterocycles. The van der Waals surface area contributed by atoms with Crippen LogP contribution in [0.4, 0.5) is 17.1 Å². The van der Waals surface area contributed by atoms with Gasteiger partial charge in [-0.25, -0.2) is 0 Å². The van der Waals surface area contributed by atoms with Crippen molar-refractivity contribution in [1.29, 1.82) is 0 Å². The molecule has 3 heteroatoms. The first-order valence-electron chi connectivity index (χ1n) is 16.6. The fourth-order valence-corrected chi connectivity index (χ4v) is 7.34. The fourth-order valence-electron chi connectivity index (χ4n) is 7.34. The van der Waals surface area contributed by atoms with Crippen LogP contribution in [-0.4, -0.2) is 0 Å². The number of furan rings is 1. The second-order valence-corrected chi connectivity index (χ2v) is 12.5. The monoisotopic (exact) mass is 627 g/mol. The summed E-state index contributed by atoms with van der Waals surface area (Å²) in [7, 11) is 0. The summed E-state index contributed by atoms with van der Waals surface area (Å²) in [5.74, 6) is 1.72. The molecule has 0 radical (unpaired) electrons. The summed E-state index contributed by atoms with van der Waals surface area (Å²) >= 11 is 0. The highest BCUT2D eigenvalue weighted by atomic mass is 16.5. The van der Waals surface area contributed by atoms with Crippen LogP contribution in [0.2, 0.25) is 0 Å². The second-order valence-electron chi connectivity index (χ2n) is 12.5. The fraction of sp³-hybridized carbons (Fsp3) is 0. The Hall–Kier alpha value is -6.58. The first-order valence-corrected chi connectivity index (χ1v) is 16.6. The van der Waals surface area contributed by atoms with Gasteiger partial charge in [0, 0.05) is 38.5 Å². The van der Waals surface area contributed by atoms with Crippen LogP contribution in [0.3, 0.4) is 0 Å². The van der Waals surface area contributed by atoms with Crippen molar-refractivity contribution in [2.24, 2.45) is 0 Å². The molecule has 1 aliphatic heterocycles. The highest BCUT2D eigenvalue weighted by Gasteiger charge is 2.24. The molecule has 230 valence electrons. The predicted molar refractivity (Wildman–Crippen MR) is 202 cm³/mol. The molecule has 0 spiro atoms. The van der Waals surface area contributed by atoms with Gasteiger partial charge in [0.25, 0.3) is 0 Å². The Morgan fingerprint density at radius 2 is 1.02 bits per heavy atom. The SMILES string of the molecule is c1ccc(-c2ccc3oc4cc(-c5ccc6c(c5)Oc5cccc7c(N(c8ccccc8)c8ccccc8)ccc-6c57)ccc4c3c2)cc1. The minimum absolute atomic E-state index is 0.852. The molecule has 1 aromatic heterocycles. The third kappa shape index (κ3) is 4.51. The number of rotatable bonds is 5. The van der Waals surface area contributed by atoms with Gasteiger partial charge in [-0.1, -0.05) is 103 Å². The molecule has 1 aliphatic rings. The van der Waals surface area contributed by atoms with Crippen LogP contribution in [0, 0.1) is 0 Å². The molecule has 0 atom stereocenters. The zero-order valence-corrected chi connectivity index (χ0v) is 26.5. The van der Waals surface area contributed by atoms with E-state index in [-0.39, 0.29) is 0 Å². The second kappa shape index (κ2) is 11.0. The molecule has 10 rings (SSSR count). The third-order valence-corrected chi connectivity index (χ3v) is 9.65. The van der Waals surface area contributed by atoms with Gasteiger partial charge < -0.3 is 14.1 Å². The lowest BCUT2D eigenvalue weighted by Crippen LogP contribution is -2.11. The normalized spacial score (nSPS) is 11.8. The molecule has 9 aromatic rings. The molecule has 8 aromatic carbocycles. The van der Waals surface area contributed by atoms with Gasteiger partial charge in [-0.3, -0.25) is 0 Å². The zero-order valence-electron chi connectivity index (χ0n) is 26.5. The number of benzene rings is 8. The first kappa shape index (κ1) is 27.5. The first-order chi connectivity index (χ1) is 24.3. The summed E-state index contributed by atoms with van der Waals surface area (Å²) in [4.78, 5) is 2.32. The van der Waals surface area contributed by atoms with Crippen LogP contribution >= 0.6 is 0 Å². The van der Waals surface area contributed by atoms with Crippen LogP contribution in [0.5, 0.6) is 11.5 Å². The van der Waals surface area contributed by atoms with Crippen LogP contribution < -0.4 is 9.64 Å². The van der Waals surface area contributed by atoms with E-state index in [0.717, 1.165) is 78.0 Å². The van der Waals surface area contributed by atoms with Crippen molar-refractivity contribution < 1.29 is 9.15 Å². The number of fused-ring (bicyclic) bond motifs is 5. The number of nitrogens with zero attached hydrogens (tertiary/aromatic N) is 1. The van der Waals surface area contributed by atoms with E-state index in [4.69, 9.17) is 9.15 Å². The Bertz CT molecular complexity index is 2640. The minimum atomic E-state index is 0.852. The molecule has 0 fully saturated rings. The maximum absolute atomic E-state index is 6.71.